The Kier molecular flexibility index (Phi) is 6.29. The molecule has 0 aromatic carbocycles. The zero-order valence-corrected chi connectivity index (χ0v) is 21.8. The standard InChI is InChI=1S/C25H25N7O3S2/c1-2-5-14-10-21(33)29-24(26-14)32-20(12-18(30-32)19-8-4-9-36-19)28-22(34)11-15-13-37-25-27-17-7-3-6-16(17)23(35)31(15)25/h4,8-10,12,15H,2-3,5-7,11,13H2,1H3,(H,28,34)(H,26,29,33). The molecule has 0 saturated heterocycles. The molecule has 0 saturated carbocycles. The van der Waals surface area contributed by atoms with Crippen LogP contribution < -0.4 is 16.4 Å². The minimum atomic E-state index is -0.280. The van der Waals surface area contributed by atoms with Crippen molar-refractivity contribution in [1.29, 1.82) is 0 Å². The predicted octanol–water partition coefficient (Wildman–Crippen LogP) is 3.36. The summed E-state index contributed by atoms with van der Waals surface area (Å²) in [4.78, 5) is 51.6. The summed E-state index contributed by atoms with van der Waals surface area (Å²) in [5.41, 5.74) is 2.72. The molecule has 1 unspecified atom stereocenters. The molecule has 37 heavy (non-hydrogen) atoms. The number of aryl methyl sites for hydroxylation is 2. The summed E-state index contributed by atoms with van der Waals surface area (Å²) in [5, 5.41) is 10.2. The van der Waals surface area contributed by atoms with E-state index >= 15 is 0 Å². The van der Waals surface area contributed by atoms with Crippen LogP contribution in [0.3, 0.4) is 0 Å². The summed E-state index contributed by atoms with van der Waals surface area (Å²) in [7, 11) is 0. The zero-order valence-electron chi connectivity index (χ0n) is 20.2. The molecule has 2 N–H and O–H groups in total. The Morgan fingerprint density at radius 3 is 2.95 bits per heavy atom. The molecule has 4 aromatic heterocycles. The second kappa shape index (κ2) is 9.75. The minimum Gasteiger partial charge on any atom is -0.310 e. The third-order valence-corrected chi connectivity index (χ3v) is 8.52. The number of thiophene rings is 1. The van der Waals surface area contributed by atoms with E-state index in [2.05, 4.69) is 20.4 Å². The van der Waals surface area contributed by atoms with E-state index < -0.39 is 0 Å². The molecule has 0 bridgehead atoms. The third kappa shape index (κ3) is 4.55. The number of carbonyl (C=O) groups is 1. The highest BCUT2D eigenvalue weighted by Crippen LogP contribution is 2.34. The molecule has 1 aliphatic carbocycles. The summed E-state index contributed by atoms with van der Waals surface area (Å²) >= 11 is 3.05. The first-order valence-corrected chi connectivity index (χ1v) is 14.2. The van der Waals surface area contributed by atoms with Crippen LogP contribution in [-0.2, 0) is 24.1 Å². The van der Waals surface area contributed by atoms with Gasteiger partial charge in [0, 0.05) is 35.6 Å². The number of fused-ring (bicyclic) bond motifs is 2. The van der Waals surface area contributed by atoms with Crippen molar-refractivity contribution in [3.05, 3.63) is 67.3 Å². The molecule has 1 atom stereocenters. The molecule has 0 spiro atoms. The number of anilines is 1. The first-order valence-electron chi connectivity index (χ1n) is 12.3. The number of thioether (sulfide) groups is 1. The van der Waals surface area contributed by atoms with Crippen molar-refractivity contribution in [2.45, 2.75) is 56.6 Å². The fourth-order valence-corrected chi connectivity index (χ4v) is 6.70. The van der Waals surface area contributed by atoms with E-state index in [-0.39, 0.29) is 35.4 Å². The lowest BCUT2D eigenvalue weighted by Gasteiger charge is -2.15. The van der Waals surface area contributed by atoms with Gasteiger partial charge >= 0.3 is 0 Å². The van der Waals surface area contributed by atoms with Crippen LogP contribution in [0.25, 0.3) is 16.5 Å². The van der Waals surface area contributed by atoms with Gasteiger partial charge in [-0.25, -0.2) is 9.97 Å². The Hall–Kier alpha value is -3.51. The summed E-state index contributed by atoms with van der Waals surface area (Å²) < 4.78 is 3.15. The highest BCUT2D eigenvalue weighted by Gasteiger charge is 2.31. The highest BCUT2D eigenvalue weighted by atomic mass is 32.2. The van der Waals surface area contributed by atoms with E-state index in [1.54, 1.807) is 10.6 Å². The average Bonchev–Trinajstić information content (AvgIpc) is 3.66. The quantitative estimate of drug-likeness (QED) is 0.347. The van der Waals surface area contributed by atoms with Crippen LogP contribution in [0.2, 0.25) is 0 Å². The van der Waals surface area contributed by atoms with Crippen molar-refractivity contribution >= 4 is 34.8 Å². The van der Waals surface area contributed by atoms with Gasteiger partial charge in [0.1, 0.15) is 11.5 Å². The topological polar surface area (TPSA) is 128 Å². The van der Waals surface area contributed by atoms with Gasteiger partial charge in [0.2, 0.25) is 11.9 Å². The number of rotatable bonds is 7. The number of hydrogen-bond donors (Lipinski definition) is 2. The molecule has 5 heterocycles. The van der Waals surface area contributed by atoms with E-state index in [1.165, 1.54) is 33.8 Å². The summed E-state index contributed by atoms with van der Waals surface area (Å²) in [6, 6.07) is 6.85. The van der Waals surface area contributed by atoms with E-state index in [0.29, 0.717) is 34.5 Å². The van der Waals surface area contributed by atoms with Crippen LogP contribution in [-0.4, -0.2) is 41.0 Å². The molecule has 10 nitrogen and oxygen atoms in total. The average molecular weight is 536 g/mol. The van der Waals surface area contributed by atoms with Gasteiger partial charge in [-0.2, -0.15) is 9.78 Å². The molecule has 1 amide bonds. The maximum Gasteiger partial charge on any atom is 0.257 e. The van der Waals surface area contributed by atoms with Gasteiger partial charge in [-0.05, 0) is 37.1 Å². The molecule has 6 rings (SSSR count). The molecule has 12 heteroatoms. The second-order valence-corrected chi connectivity index (χ2v) is 11.1. The van der Waals surface area contributed by atoms with E-state index in [9.17, 15) is 14.4 Å². The minimum absolute atomic E-state index is 0.0140. The smallest absolute Gasteiger partial charge is 0.257 e. The lowest BCUT2D eigenvalue weighted by Crippen LogP contribution is -2.30. The SMILES string of the molecule is CCCc1cc(=O)[nH]c(-n2nc(-c3cccs3)cc2NC(=O)CC2CSc3nc4c(c(=O)n32)CCC4)n1. The number of carbonyl (C=O) groups excluding carboxylic acids is 1. The molecule has 190 valence electrons. The van der Waals surface area contributed by atoms with Gasteiger partial charge in [-0.1, -0.05) is 31.2 Å². The first-order chi connectivity index (χ1) is 18.0. The molecule has 0 fully saturated rings. The Bertz CT molecular complexity index is 1600. The monoisotopic (exact) mass is 535 g/mol. The van der Waals surface area contributed by atoms with E-state index in [0.717, 1.165) is 41.8 Å². The Balaban J connectivity index is 1.31. The van der Waals surface area contributed by atoms with Crippen molar-refractivity contribution in [3.63, 3.8) is 0 Å². The summed E-state index contributed by atoms with van der Waals surface area (Å²) in [6.45, 7) is 2.02. The summed E-state index contributed by atoms with van der Waals surface area (Å²) in [5.74, 6) is 1.01. The predicted molar refractivity (Wildman–Crippen MR) is 143 cm³/mol. The third-order valence-electron chi connectivity index (χ3n) is 6.53. The summed E-state index contributed by atoms with van der Waals surface area (Å²) in [6.07, 6.45) is 4.16. The number of nitrogens with zero attached hydrogens (tertiary/aromatic N) is 5. The van der Waals surface area contributed by atoms with Crippen molar-refractivity contribution in [3.8, 4) is 16.5 Å². The van der Waals surface area contributed by atoms with Gasteiger partial charge in [0.15, 0.2) is 5.16 Å². The number of nitrogens with one attached hydrogen (secondary N) is 2. The molecule has 1 aliphatic heterocycles. The lowest BCUT2D eigenvalue weighted by molar-refractivity contribution is -0.116. The zero-order chi connectivity index (χ0) is 25.5. The van der Waals surface area contributed by atoms with Gasteiger partial charge in [-0.3, -0.25) is 23.9 Å². The Morgan fingerprint density at radius 2 is 2.14 bits per heavy atom. The number of H-pyrrole nitrogens is 1. The number of aromatic nitrogens is 6. The second-order valence-electron chi connectivity index (χ2n) is 9.18. The van der Waals surface area contributed by atoms with Crippen LogP contribution in [0.15, 0.2) is 44.4 Å². The normalized spacial score (nSPS) is 16.1. The fraction of sp³-hybridized carbons (Fsp3) is 0.360. The highest BCUT2D eigenvalue weighted by molar-refractivity contribution is 7.99. The molecular formula is C25H25N7O3S2. The number of amides is 1. The molecular weight excluding hydrogens is 510 g/mol. The van der Waals surface area contributed by atoms with Gasteiger partial charge < -0.3 is 5.32 Å². The Labute approximate surface area is 220 Å². The van der Waals surface area contributed by atoms with Crippen LogP contribution in [0, 0.1) is 0 Å². The number of hydrogen-bond acceptors (Lipinski definition) is 8. The fourth-order valence-electron chi connectivity index (χ4n) is 4.87. The van der Waals surface area contributed by atoms with Crippen molar-refractivity contribution in [2.24, 2.45) is 0 Å². The lowest BCUT2D eigenvalue weighted by atomic mass is 10.2. The van der Waals surface area contributed by atoms with Crippen molar-refractivity contribution in [2.75, 3.05) is 11.1 Å². The van der Waals surface area contributed by atoms with Gasteiger partial charge in [0.25, 0.3) is 11.1 Å². The maximum absolute atomic E-state index is 13.3. The van der Waals surface area contributed by atoms with Crippen molar-refractivity contribution in [1.82, 2.24) is 29.3 Å². The van der Waals surface area contributed by atoms with E-state index in [4.69, 9.17) is 4.98 Å². The van der Waals surface area contributed by atoms with Crippen LogP contribution >= 0.6 is 23.1 Å². The van der Waals surface area contributed by atoms with Gasteiger partial charge in [-0.15, -0.1) is 11.3 Å². The van der Waals surface area contributed by atoms with Crippen LogP contribution in [0.5, 0.6) is 0 Å². The first kappa shape index (κ1) is 23.9. The van der Waals surface area contributed by atoms with E-state index in [1.807, 2.05) is 24.4 Å². The van der Waals surface area contributed by atoms with Gasteiger partial charge in [0.05, 0.1) is 16.6 Å². The van der Waals surface area contributed by atoms with Crippen LogP contribution in [0.4, 0.5) is 5.82 Å². The Morgan fingerprint density at radius 1 is 1.24 bits per heavy atom. The molecule has 4 aromatic rings. The molecule has 0 radical (unpaired) electrons. The largest absolute Gasteiger partial charge is 0.310 e. The molecule has 2 aliphatic rings. The van der Waals surface area contributed by atoms with Crippen molar-refractivity contribution < 1.29 is 4.79 Å². The maximum atomic E-state index is 13.3. The number of aromatic amines is 1. The van der Waals surface area contributed by atoms with Crippen LogP contribution in [0.1, 0.15) is 49.2 Å².